The molecule has 0 fully saturated rings. The monoisotopic (exact) mass is 320 g/mol. The Bertz CT molecular complexity index is 557. The van der Waals surface area contributed by atoms with E-state index in [0.717, 1.165) is 5.56 Å². The molecule has 0 saturated heterocycles. The molecule has 0 aromatic heterocycles. The van der Waals surface area contributed by atoms with Crippen LogP contribution in [-0.4, -0.2) is 48.9 Å². The van der Waals surface area contributed by atoms with Crippen molar-refractivity contribution in [3.63, 3.8) is 0 Å². The molecule has 2 amide bonds. The van der Waals surface area contributed by atoms with Gasteiger partial charge in [0.1, 0.15) is 0 Å². The summed E-state index contributed by atoms with van der Waals surface area (Å²) in [5.41, 5.74) is 1.47. The predicted octanol–water partition coefficient (Wildman–Crippen LogP) is 1.53. The first-order valence-corrected chi connectivity index (χ1v) is 7.70. The average Bonchev–Trinajstić information content (AvgIpc) is 2.50. The van der Waals surface area contributed by atoms with Crippen LogP contribution in [0.25, 0.3) is 0 Å². The highest BCUT2D eigenvalue weighted by atomic mass is 16.5. The Kier molecular flexibility index (Phi) is 7.80. The number of amides is 2. The van der Waals surface area contributed by atoms with Crippen molar-refractivity contribution in [1.29, 1.82) is 0 Å². The van der Waals surface area contributed by atoms with Crippen LogP contribution in [0.5, 0.6) is 0 Å². The highest BCUT2D eigenvalue weighted by molar-refractivity contribution is 5.95. The molecular weight excluding hydrogens is 296 g/mol. The van der Waals surface area contributed by atoms with Crippen LogP contribution in [0.4, 0.5) is 0 Å². The Hall–Kier alpha value is -2.37. The topological polar surface area (TPSA) is 75.7 Å². The van der Waals surface area contributed by atoms with E-state index in [0.29, 0.717) is 25.3 Å². The summed E-state index contributed by atoms with van der Waals surface area (Å²) in [6.45, 7) is 6.28. The first-order chi connectivity index (χ1) is 11.0. The zero-order valence-electron chi connectivity index (χ0n) is 13.9. The van der Waals surface area contributed by atoms with E-state index < -0.39 is 0 Å². The van der Waals surface area contributed by atoms with Crippen molar-refractivity contribution in [2.75, 3.05) is 26.2 Å². The molecule has 6 nitrogen and oxygen atoms in total. The molecule has 0 spiro atoms. The van der Waals surface area contributed by atoms with Gasteiger partial charge in [-0.1, -0.05) is 18.2 Å². The van der Waals surface area contributed by atoms with E-state index in [1.807, 2.05) is 19.1 Å². The predicted molar refractivity (Wildman–Crippen MR) is 87.0 cm³/mol. The molecule has 1 rings (SSSR count). The van der Waals surface area contributed by atoms with Crippen LogP contribution in [0.2, 0.25) is 0 Å². The van der Waals surface area contributed by atoms with Gasteiger partial charge in [-0.15, -0.1) is 0 Å². The summed E-state index contributed by atoms with van der Waals surface area (Å²) in [6.07, 6.45) is 0.130. The third-order valence-electron chi connectivity index (χ3n) is 3.31. The fourth-order valence-corrected chi connectivity index (χ4v) is 2.12. The maximum Gasteiger partial charge on any atom is 0.307 e. The number of ether oxygens (including phenoxy) is 1. The van der Waals surface area contributed by atoms with Crippen LogP contribution >= 0.6 is 0 Å². The molecule has 6 heteroatoms. The number of aryl methyl sites for hydroxylation is 1. The molecule has 23 heavy (non-hydrogen) atoms. The Labute approximate surface area is 136 Å². The second-order valence-corrected chi connectivity index (χ2v) is 5.15. The lowest BCUT2D eigenvalue weighted by atomic mass is 10.1. The van der Waals surface area contributed by atoms with Gasteiger partial charge in [-0.3, -0.25) is 14.4 Å². The van der Waals surface area contributed by atoms with Gasteiger partial charge >= 0.3 is 5.97 Å². The number of nitrogens with zero attached hydrogens (tertiary/aromatic N) is 1. The lowest BCUT2D eigenvalue weighted by molar-refractivity contribution is -0.143. The summed E-state index contributed by atoms with van der Waals surface area (Å²) >= 11 is 0. The van der Waals surface area contributed by atoms with Gasteiger partial charge in [-0.05, 0) is 25.5 Å². The minimum absolute atomic E-state index is 0.130. The molecule has 0 saturated carbocycles. The minimum Gasteiger partial charge on any atom is -0.466 e. The van der Waals surface area contributed by atoms with E-state index >= 15 is 0 Å². The molecule has 0 aliphatic rings. The molecule has 0 unspecified atom stereocenters. The fraction of sp³-hybridized carbons (Fsp3) is 0.471. The first-order valence-electron chi connectivity index (χ1n) is 7.70. The number of benzene rings is 1. The van der Waals surface area contributed by atoms with Gasteiger partial charge in [0, 0.05) is 32.1 Å². The van der Waals surface area contributed by atoms with E-state index in [4.69, 9.17) is 4.74 Å². The van der Waals surface area contributed by atoms with E-state index in [1.165, 1.54) is 6.92 Å². The van der Waals surface area contributed by atoms with E-state index in [1.54, 1.807) is 24.0 Å². The van der Waals surface area contributed by atoms with Crippen LogP contribution in [0.3, 0.4) is 0 Å². The Morgan fingerprint density at radius 1 is 1.17 bits per heavy atom. The first kappa shape index (κ1) is 18.7. The lowest BCUT2D eigenvalue weighted by Gasteiger charge is -2.23. The number of carbonyl (C=O) groups is 3. The van der Waals surface area contributed by atoms with Gasteiger partial charge < -0.3 is 15.0 Å². The maximum absolute atomic E-state index is 12.7. The molecule has 0 aliphatic carbocycles. The summed E-state index contributed by atoms with van der Waals surface area (Å²) in [4.78, 5) is 36.7. The molecule has 0 aliphatic heterocycles. The smallest absolute Gasteiger partial charge is 0.307 e. The van der Waals surface area contributed by atoms with Gasteiger partial charge in [0.2, 0.25) is 5.91 Å². The molecule has 0 radical (unpaired) electrons. The third kappa shape index (κ3) is 6.50. The second-order valence-electron chi connectivity index (χ2n) is 5.15. The number of hydrogen-bond donors (Lipinski definition) is 1. The van der Waals surface area contributed by atoms with Crippen molar-refractivity contribution < 1.29 is 19.1 Å². The number of hydrogen-bond acceptors (Lipinski definition) is 4. The largest absolute Gasteiger partial charge is 0.466 e. The summed E-state index contributed by atoms with van der Waals surface area (Å²) in [5, 5.41) is 2.66. The Balaban J connectivity index is 2.76. The van der Waals surface area contributed by atoms with Crippen molar-refractivity contribution in [2.45, 2.75) is 27.2 Å². The number of esters is 1. The summed E-state index contributed by atoms with van der Waals surface area (Å²) in [7, 11) is 0. The fourth-order valence-electron chi connectivity index (χ4n) is 2.12. The molecule has 0 atom stereocenters. The number of rotatable bonds is 8. The third-order valence-corrected chi connectivity index (χ3v) is 3.31. The van der Waals surface area contributed by atoms with Crippen LogP contribution < -0.4 is 5.32 Å². The Morgan fingerprint density at radius 3 is 2.48 bits per heavy atom. The quantitative estimate of drug-likeness (QED) is 0.737. The molecular formula is C17H24N2O4. The van der Waals surface area contributed by atoms with Gasteiger partial charge in [0.05, 0.1) is 13.0 Å². The number of nitrogens with one attached hydrogen (secondary N) is 1. The van der Waals surface area contributed by atoms with Crippen molar-refractivity contribution in [3.8, 4) is 0 Å². The summed E-state index contributed by atoms with van der Waals surface area (Å²) in [6, 6.07) is 7.29. The summed E-state index contributed by atoms with van der Waals surface area (Å²) < 4.78 is 4.90. The van der Waals surface area contributed by atoms with Crippen molar-refractivity contribution in [2.24, 2.45) is 0 Å². The van der Waals surface area contributed by atoms with Crippen molar-refractivity contribution in [3.05, 3.63) is 35.4 Å². The highest BCUT2D eigenvalue weighted by Gasteiger charge is 2.18. The maximum atomic E-state index is 12.7. The molecule has 1 aromatic rings. The van der Waals surface area contributed by atoms with Crippen LogP contribution in [0.15, 0.2) is 24.3 Å². The minimum atomic E-state index is -0.338. The molecule has 1 N–H and O–H groups in total. The average molecular weight is 320 g/mol. The van der Waals surface area contributed by atoms with Crippen LogP contribution in [-0.2, 0) is 14.3 Å². The van der Waals surface area contributed by atoms with Crippen molar-refractivity contribution >= 4 is 17.8 Å². The van der Waals surface area contributed by atoms with Gasteiger partial charge in [-0.2, -0.15) is 0 Å². The van der Waals surface area contributed by atoms with Gasteiger partial charge in [0.15, 0.2) is 0 Å². The lowest BCUT2D eigenvalue weighted by Crippen LogP contribution is -2.39. The molecule has 1 aromatic carbocycles. The van der Waals surface area contributed by atoms with E-state index in [9.17, 15) is 14.4 Å². The normalized spacial score (nSPS) is 10.0. The van der Waals surface area contributed by atoms with Gasteiger partial charge in [0.25, 0.3) is 5.91 Å². The second kappa shape index (κ2) is 9.61. The van der Waals surface area contributed by atoms with Gasteiger partial charge in [-0.25, -0.2) is 0 Å². The van der Waals surface area contributed by atoms with E-state index in [2.05, 4.69) is 5.32 Å². The molecule has 0 bridgehead atoms. The zero-order chi connectivity index (χ0) is 17.2. The van der Waals surface area contributed by atoms with Crippen molar-refractivity contribution in [1.82, 2.24) is 10.2 Å². The SMILES string of the molecule is CCOC(=O)CCN(CCNC(C)=O)C(=O)c1ccccc1C. The standard InChI is InChI=1S/C17H24N2O4/c1-4-23-16(21)9-11-19(12-10-18-14(3)20)17(22)15-8-6-5-7-13(15)2/h5-8H,4,9-12H2,1-3H3,(H,18,20). The Morgan fingerprint density at radius 2 is 1.87 bits per heavy atom. The van der Waals surface area contributed by atoms with E-state index in [-0.39, 0.29) is 30.7 Å². The summed E-state index contributed by atoms with van der Waals surface area (Å²) in [5.74, 6) is -0.647. The van der Waals surface area contributed by atoms with Crippen LogP contribution in [0, 0.1) is 6.92 Å². The highest BCUT2D eigenvalue weighted by Crippen LogP contribution is 2.11. The van der Waals surface area contributed by atoms with Crippen LogP contribution in [0.1, 0.15) is 36.2 Å². The molecule has 0 heterocycles. The zero-order valence-corrected chi connectivity index (χ0v) is 13.9. The number of carbonyl (C=O) groups excluding carboxylic acids is 3. The molecule has 126 valence electrons.